The van der Waals surface area contributed by atoms with Gasteiger partial charge in [-0.25, -0.2) is 0 Å². The molecule has 2 aliphatic rings. The highest BCUT2D eigenvalue weighted by Crippen LogP contribution is 2.46. The average Bonchev–Trinajstić information content (AvgIpc) is 3.45. The van der Waals surface area contributed by atoms with Gasteiger partial charge < -0.3 is 19.3 Å². The van der Waals surface area contributed by atoms with Crippen LogP contribution < -0.4 is 9.47 Å². The van der Waals surface area contributed by atoms with Crippen LogP contribution in [0.25, 0.3) is 11.1 Å². The number of carbonyl (C=O) groups is 1. The van der Waals surface area contributed by atoms with E-state index >= 15 is 0 Å². The molecule has 2 atom stereocenters. The summed E-state index contributed by atoms with van der Waals surface area (Å²) in [6.45, 7) is 8.46. The third kappa shape index (κ3) is 4.90. The number of ether oxygens (including phenoxy) is 3. The summed E-state index contributed by atoms with van der Waals surface area (Å²) in [7, 11) is 1.40. The van der Waals surface area contributed by atoms with Crippen LogP contribution in [0.5, 0.6) is 17.2 Å². The fraction of sp³-hybridized carbons (Fsp3) is 0.367. The standard InChI is InChI=1S/C28H27ClO5.C2H6/c1-15-10-18(30)11-16(2)27(15)28-22-7-9-24(21(22)6-8-23(28)29)34-19-4-5-20-17(12-26(31)32-3)14-33-25(20)13-19;1-2/h4-6,8,10-11,13,17,24,30H,7,9,12,14H2,1-3H3;1-2H3/t17-,24-;/m1./s1. The number of carbonyl (C=O) groups excluding carboxylic acids is 1. The number of halogens is 1. The van der Waals surface area contributed by atoms with E-state index in [0.29, 0.717) is 18.1 Å². The minimum absolute atomic E-state index is 0.00481. The number of hydrogen-bond acceptors (Lipinski definition) is 5. The van der Waals surface area contributed by atoms with Crippen LogP contribution in [0.2, 0.25) is 5.02 Å². The van der Waals surface area contributed by atoms with Gasteiger partial charge in [0, 0.05) is 28.1 Å². The predicted octanol–water partition coefficient (Wildman–Crippen LogP) is 7.46. The van der Waals surface area contributed by atoms with E-state index in [-0.39, 0.29) is 23.7 Å². The van der Waals surface area contributed by atoms with Crippen LogP contribution in [-0.2, 0) is 16.0 Å². The summed E-state index contributed by atoms with van der Waals surface area (Å²) >= 11 is 6.71. The minimum Gasteiger partial charge on any atom is -0.508 e. The maximum atomic E-state index is 11.7. The third-order valence-corrected chi connectivity index (χ3v) is 7.17. The number of phenols is 1. The highest BCUT2D eigenvalue weighted by Gasteiger charge is 2.31. The molecule has 1 N–H and O–H groups in total. The molecule has 1 heterocycles. The van der Waals surface area contributed by atoms with E-state index in [0.717, 1.165) is 57.7 Å². The molecule has 0 aromatic heterocycles. The molecule has 190 valence electrons. The zero-order chi connectivity index (χ0) is 26.0. The van der Waals surface area contributed by atoms with Crippen LogP contribution in [0.15, 0.2) is 42.5 Å². The van der Waals surface area contributed by atoms with Crippen molar-refractivity contribution in [3.05, 3.63) is 75.3 Å². The zero-order valence-electron chi connectivity index (χ0n) is 21.5. The first kappa shape index (κ1) is 25.9. The van der Waals surface area contributed by atoms with Crippen molar-refractivity contribution in [2.24, 2.45) is 0 Å². The highest BCUT2D eigenvalue weighted by atomic mass is 35.5. The normalized spacial score (nSPS) is 17.4. The van der Waals surface area contributed by atoms with Gasteiger partial charge in [0.05, 0.1) is 20.1 Å². The number of benzene rings is 3. The molecule has 5 nitrogen and oxygen atoms in total. The third-order valence-electron chi connectivity index (χ3n) is 6.85. The van der Waals surface area contributed by atoms with Crippen molar-refractivity contribution in [2.45, 2.75) is 59.0 Å². The second-order valence-corrected chi connectivity index (χ2v) is 9.48. The van der Waals surface area contributed by atoms with Gasteiger partial charge in [-0.05, 0) is 78.8 Å². The van der Waals surface area contributed by atoms with Gasteiger partial charge in [-0.3, -0.25) is 4.79 Å². The van der Waals surface area contributed by atoms with E-state index in [9.17, 15) is 9.90 Å². The minimum atomic E-state index is -0.238. The molecule has 0 saturated heterocycles. The van der Waals surface area contributed by atoms with E-state index in [1.807, 2.05) is 52.0 Å². The van der Waals surface area contributed by atoms with E-state index in [1.54, 1.807) is 12.1 Å². The first-order valence-corrected chi connectivity index (χ1v) is 12.9. The predicted molar refractivity (Wildman–Crippen MR) is 142 cm³/mol. The molecule has 5 rings (SSSR count). The largest absolute Gasteiger partial charge is 0.508 e. The number of fused-ring (bicyclic) bond motifs is 2. The number of esters is 1. The molecule has 3 aromatic carbocycles. The fourth-order valence-electron chi connectivity index (χ4n) is 5.31. The molecule has 0 fully saturated rings. The van der Waals surface area contributed by atoms with Crippen LogP contribution in [0.4, 0.5) is 0 Å². The summed E-state index contributed by atoms with van der Waals surface area (Å²) in [5.74, 6) is 1.53. The van der Waals surface area contributed by atoms with Crippen molar-refractivity contribution in [3.63, 3.8) is 0 Å². The summed E-state index contributed by atoms with van der Waals surface area (Å²) in [4.78, 5) is 11.7. The number of phenolic OH excluding ortho intramolecular Hbond substituents is 1. The molecular weight excluding hydrogens is 476 g/mol. The molecule has 0 amide bonds. The van der Waals surface area contributed by atoms with E-state index < -0.39 is 0 Å². The molecule has 1 aliphatic heterocycles. The van der Waals surface area contributed by atoms with Gasteiger partial charge in [-0.15, -0.1) is 0 Å². The number of aryl methyl sites for hydroxylation is 2. The Bertz CT molecular complexity index is 1260. The van der Waals surface area contributed by atoms with Gasteiger partial charge in [-0.1, -0.05) is 37.6 Å². The summed E-state index contributed by atoms with van der Waals surface area (Å²) in [6.07, 6.45) is 1.92. The molecule has 0 spiro atoms. The quantitative estimate of drug-likeness (QED) is 0.362. The zero-order valence-corrected chi connectivity index (χ0v) is 22.2. The molecule has 0 radical (unpaired) electrons. The summed E-state index contributed by atoms with van der Waals surface area (Å²) in [5, 5.41) is 10.7. The topological polar surface area (TPSA) is 65.0 Å². The molecule has 3 aromatic rings. The Morgan fingerprint density at radius 2 is 1.75 bits per heavy atom. The molecule has 6 heteroatoms. The van der Waals surface area contributed by atoms with Crippen molar-refractivity contribution < 1.29 is 24.1 Å². The molecule has 0 bridgehead atoms. The van der Waals surface area contributed by atoms with Crippen molar-refractivity contribution in [1.82, 2.24) is 0 Å². The van der Waals surface area contributed by atoms with Crippen LogP contribution in [0.3, 0.4) is 0 Å². The maximum absolute atomic E-state index is 11.7. The smallest absolute Gasteiger partial charge is 0.306 e. The van der Waals surface area contributed by atoms with E-state index in [1.165, 1.54) is 12.7 Å². The Morgan fingerprint density at radius 3 is 2.44 bits per heavy atom. The van der Waals surface area contributed by atoms with Gasteiger partial charge >= 0.3 is 5.97 Å². The molecule has 0 unspecified atom stereocenters. The SMILES string of the molecule is CC.COC(=O)C[C@@H]1COc2cc(O[C@@H]3CCc4c3ccc(Cl)c4-c3c(C)cc(O)cc3C)ccc21. The van der Waals surface area contributed by atoms with Gasteiger partial charge in [0.15, 0.2) is 0 Å². The van der Waals surface area contributed by atoms with Crippen molar-refractivity contribution in [3.8, 4) is 28.4 Å². The fourth-order valence-corrected chi connectivity index (χ4v) is 5.58. The monoisotopic (exact) mass is 508 g/mol. The second kappa shape index (κ2) is 10.8. The molecule has 0 saturated carbocycles. The van der Waals surface area contributed by atoms with Crippen molar-refractivity contribution in [2.75, 3.05) is 13.7 Å². The number of aromatic hydroxyl groups is 1. The number of rotatable bonds is 5. The Morgan fingerprint density at radius 1 is 1.06 bits per heavy atom. The van der Waals surface area contributed by atoms with Crippen LogP contribution in [-0.4, -0.2) is 24.8 Å². The second-order valence-electron chi connectivity index (χ2n) is 9.08. The first-order valence-electron chi connectivity index (χ1n) is 12.5. The lowest BCUT2D eigenvalue weighted by Gasteiger charge is -2.19. The van der Waals surface area contributed by atoms with Gasteiger partial charge in [0.25, 0.3) is 0 Å². The summed E-state index contributed by atoms with van der Waals surface area (Å²) in [6, 6.07) is 13.4. The van der Waals surface area contributed by atoms with Crippen molar-refractivity contribution >= 4 is 17.6 Å². The van der Waals surface area contributed by atoms with Gasteiger partial charge in [0.1, 0.15) is 23.4 Å². The lowest BCUT2D eigenvalue weighted by molar-refractivity contribution is -0.141. The van der Waals surface area contributed by atoms with Crippen molar-refractivity contribution in [1.29, 1.82) is 0 Å². The van der Waals surface area contributed by atoms with E-state index in [2.05, 4.69) is 6.07 Å². The van der Waals surface area contributed by atoms with Gasteiger partial charge in [0.2, 0.25) is 0 Å². The van der Waals surface area contributed by atoms with Crippen LogP contribution in [0.1, 0.15) is 66.5 Å². The Labute approximate surface area is 218 Å². The summed E-state index contributed by atoms with van der Waals surface area (Å²) < 4.78 is 17.1. The van der Waals surface area contributed by atoms with E-state index in [4.69, 9.17) is 25.8 Å². The lowest BCUT2D eigenvalue weighted by atomic mass is 9.90. The number of methoxy groups -OCH3 is 1. The Kier molecular flexibility index (Phi) is 7.79. The molecule has 1 aliphatic carbocycles. The lowest BCUT2D eigenvalue weighted by Crippen LogP contribution is -2.09. The first-order chi connectivity index (χ1) is 17.4. The highest BCUT2D eigenvalue weighted by molar-refractivity contribution is 6.33. The summed E-state index contributed by atoms with van der Waals surface area (Å²) in [5.41, 5.74) is 7.44. The maximum Gasteiger partial charge on any atom is 0.306 e. The molecule has 36 heavy (non-hydrogen) atoms. The average molecular weight is 509 g/mol. The Balaban J connectivity index is 0.00000148. The van der Waals surface area contributed by atoms with Crippen LogP contribution in [0, 0.1) is 13.8 Å². The molecular formula is C30H33ClO5. The number of hydrogen-bond donors (Lipinski definition) is 1. The van der Waals surface area contributed by atoms with Gasteiger partial charge in [-0.2, -0.15) is 0 Å². The Hall–Kier alpha value is -3.18. The van der Waals surface area contributed by atoms with Crippen LogP contribution >= 0.6 is 11.6 Å².